The van der Waals surface area contributed by atoms with Gasteiger partial charge in [-0.2, -0.15) is 13.2 Å². The molecule has 1 aliphatic rings. The van der Waals surface area contributed by atoms with E-state index in [9.17, 15) is 22.0 Å². The molecule has 4 rings (SSSR count). The molecule has 1 heterocycles. The highest BCUT2D eigenvalue weighted by Gasteiger charge is 2.35. The first-order chi connectivity index (χ1) is 15.8. The third kappa shape index (κ3) is 5.96. The summed E-state index contributed by atoms with van der Waals surface area (Å²) in [6.07, 6.45) is -5.51. The number of nitrogens with zero attached hydrogens (tertiary/aromatic N) is 1. The lowest BCUT2D eigenvalue weighted by atomic mass is 10.0. The summed E-state index contributed by atoms with van der Waals surface area (Å²) in [4.78, 5) is 2.11. The molecular weight excluding hydrogens is 441 g/mol. The summed E-state index contributed by atoms with van der Waals surface area (Å²) in [5.41, 5.74) is 0.771. The number of hydrogen-bond donors (Lipinski definition) is 0. The fourth-order valence-corrected chi connectivity index (χ4v) is 3.93. The van der Waals surface area contributed by atoms with Crippen LogP contribution < -0.4 is 0 Å². The Morgan fingerprint density at radius 2 is 1.61 bits per heavy atom. The molecule has 8 heteroatoms. The van der Waals surface area contributed by atoms with E-state index in [-0.39, 0.29) is 18.0 Å². The topological polar surface area (TPSA) is 21.7 Å². The molecule has 2 atom stereocenters. The number of ether oxygens (including phenoxy) is 2. The normalized spacial score (nSPS) is 19.5. The van der Waals surface area contributed by atoms with Crippen LogP contribution in [0.3, 0.4) is 0 Å². The molecule has 0 spiro atoms. The van der Waals surface area contributed by atoms with Gasteiger partial charge in [0, 0.05) is 13.1 Å². The van der Waals surface area contributed by atoms with Crippen molar-refractivity contribution in [1.29, 1.82) is 0 Å². The highest BCUT2D eigenvalue weighted by Crippen LogP contribution is 2.34. The van der Waals surface area contributed by atoms with Crippen molar-refractivity contribution in [3.05, 3.63) is 107 Å². The maximum atomic E-state index is 13.8. The van der Waals surface area contributed by atoms with Gasteiger partial charge in [-0.3, -0.25) is 4.90 Å². The molecule has 0 aliphatic carbocycles. The number of halogens is 5. The lowest BCUT2D eigenvalue weighted by molar-refractivity contribution is -0.218. The van der Waals surface area contributed by atoms with Gasteiger partial charge in [-0.25, -0.2) is 8.78 Å². The van der Waals surface area contributed by atoms with Gasteiger partial charge in [-0.1, -0.05) is 42.5 Å². The van der Waals surface area contributed by atoms with Gasteiger partial charge in [-0.05, 0) is 47.0 Å². The molecule has 33 heavy (non-hydrogen) atoms. The fraction of sp³-hybridized carbons (Fsp3) is 0.280. The SMILES string of the molecule is Fc1ccc(C2C(OCc3cc(F)cc(C(F)(F)F)c3)OCCN2Cc2ccccc2)cc1. The van der Waals surface area contributed by atoms with Gasteiger partial charge in [0.25, 0.3) is 0 Å². The molecule has 0 amide bonds. The van der Waals surface area contributed by atoms with Gasteiger partial charge in [0.1, 0.15) is 11.6 Å². The Bertz CT molecular complexity index is 1060. The van der Waals surface area contributed by atoms with Crippen LogP contribution in [0.2, 0.25) is 0 Å². The second-order valence-corrected chi connectivity index (χ2v) is 7.85. The average molecular weight is 463 g/mol. The van der Waals surface area contributed by atoms with E-state index in [0.29, 0.717) is 25.8 Å². The molecule has 0 N–H and O–H groups in total. The lowest BCUT2D eigenvalue weighted by Gasteiger charge is -2.41. The first-order valence-corrected chi connectivity index (χ1v) is 10.4. The summed E-state index contributed by atoms with van der Waals surface area (Å²) >= 11 is 0. The van der Waals surface area contributed by atoms with Crippen molar-refractivity contribution in [2.75, 3.05) is 13.2 Å². The maximum absolute atomic E-state index is 13.8. The van der Waals surface area contributed by atoms with Gasteiger partial charge in [0.15, 0.2) is 6.29 Å². The minimum absolute atomic E-state index is 0.0453. The third-order valence-corrected chi connectivity index (χ3v) is 5.45. The highest BCUT2D eigenvalue weighted by atomic mass is 19.4. The van der Waals surface area contributed by atoms with Crippen LogP contribution in [0, 0.1) is 11.6 Å². The molecule has 0 saturated carbocycles. The Morgan fingerprint density at radius 3 is 2.30 bits per heavy atom. The van der Waals surface area contributed by atoms with Crippen molar-refractivity contribution in [1.82, 2.24) is 4.90 Å². The Hall–Kier alpha value is -2.81. The summed E-state index contributed by atoms with van der Waals surface area (Å²) < 4.78 is 78.1. The van der Waals surface area contributed by atoms with E-state index in [1.807, 2.05) is 30.3 Å². The number of morpholine rings is 1. The van der Waals surface area contributed by atoms with E-state index in [0.717, 1.165) is 23.3 Å². The zero-order valence-electron chi connectivity index (χ0n) is 17.6. The first kappa shape index (κ1) is 23.4. The predicted molar refractivity (Wildman–Crippen MR) is 112 cm³/mol. The van der Waals surface area contributed by atoms with E-state index in [1.54, 1.807) is 12.1 Å². The van der Waals surface area contributed by atoms with Crippen molar-refractivity contribution in [2.24, 2.45) is 0 Å². The van der Waals surface area contributed by atoms with Crippen LogP contribution in [0.25, 0.3) is 0 Å². The van der Waals surface area contributed by atoms with E-state index in [1.165, 1.54) is 12.1 Å². The van der Waals surface area contributed by atoms with Crippen molar-refractivity contribution < 1.29 is 31.4 Å². The minimum atomic E-state index is -4.67. The van der Waals surface area contributed by atoms with Crippen LogP contribution in [0.15, 0.2) is 72.8 Å². The van der Waals surface area contributed by atoms with Crippen LogP contribution in [-0.2, 0) is 28.8 Å². The van der Waals surface area contributed by atoms with Crippen molar-refractivity contribution in [2.45, 2.75) is 31.7 Å². The number of hydrogen-bond acceptors (Lipinski definition) is 3. The van der Waals surface area contributed by atoms with Crippen LogP contribution in [0.1, 0.15) is 28.3 Å². The zero-order chi connectivity index (χ0) is 23.4. The van der Waals surface area contributed by atoms with Crippen molar-refractivity contribution in [3.63, 3.8) is 0 Å². The van der Waals surface area contributed by atoms with E-state index < -0.39 is 29.9 Å². The summed E-state index contributed by atoms with van der Waals surface area (Å²) in [7, 11) is 0. The molecule has 0 radical (unpaired) electrons. The standard InChI is InChI=1S/C25H22F5NO2/c26-21-8-6-19(7-9-21)23-24(32-11-10-31(23)15-17-4-2-1-3-5-17)33-16-18-12-20(25(28,29)30)14-22(27)13-18/h1-9,12-14,23-24H,10-11,15-16H2. The molecule has 1 aliphatic heterocycles. The molecule has 2 unspecified atom stereocenters. The molecule has 3 aromatic carbocycles. The van der Waals surface area contributed by atoms with Crippen LogP contribution in [-0.4, -0.2) is 24.3 Å². The molecule has 174 valence electrons. The molecule has 1 fully saturated rings. The Labute approximate surface area is 188 Å². The maximum Gasteiger partial charge on any atom is 0.416 e. The van der Waals surface area contributed by atoms with E-state index in [4.69, 9.17) is 9.47 Å². The Balaban J connectivity index is 1.57. The quantitative estimate of drug-likeness (QED) is 0.413. The fourth-order valence-electron chi connectivity index (χ4n) is 3.93. The molecule has 3 aromatic rings. The second-order valence-electron chi connectivity index (χ2n) is 7.85. The molecule has 0 aromatic heterocycles. The Kier molecular flexibility index (Phi) is 7.07. The van der Waals surface area contributed by atoms with Crippen LogP contribution in [0.5, 0.6) is 0 Å². The number of alkyl halides is 3. The first-order valence-electron chi connectivity index (χ1n) is 10.4. The smallest absolute Gasteiger partial charge is 0.349 e. The van der Waals surface area contributed by atoms with Gasteiger partial charge < -0.3 is 9.47 Å². The average Bonchev–Trinajstić information content (AvgIpc) is 2.78. The van der Waals surface area contributed by atoms with E-state index >= 15 is 0 Å². The molecule has 0 bridgehead atoms. The van der Waals surface area contributed by atoms with Crippen LogP contribution >= 0.6 is 0 Å². The largest absolute Gasteiger partial charge is 0.416 e. The summed E-state index contributed by atoms with van der Waals surface area (Å²) in [6, 6.07) is 17.6. The summed E-state index contributed by atoms with van der Waals surface area (Å²) in [6.45, 7) is 1.22. The van der Waals surface area contributed by atoms with Gasteiger partial charge in [-0.15, -0.1) is 0 Å². The highest BCUT2D eigenvalue weighted by molar-refractivity contribution is 5.27. The van der Waals surface area contributed by atoms with Crippen LogP contribution in [0.4, 0.5) is 22.0 Å². The zero-order valence-corrected chi connectivity index (χ0v) is 17.6. The monoisotopic (exact) mass is 463 g/mol. The van der Waals surface area contributed by atoms with Gasteiger partial charge in [0.2, 0.25) is 0 Å². The molecule has 3 nitrogen and oxygen atoms in total. The molecular formula is C25H22F5NO2. The van der Waals surface area contributed by atoms with E-state index in [2.05, 4.69) is 4.90 Å². The van der Waals surface area contributed by atoms with Crippen molar-refractivity contribution in [3.8, 4) is 0 Å². The minimum Gasteiger partial charge on any atom is -0.349 e. The summed E-state index contributed by atoms with van der Waals surface area (Å²) in [5.74, 6) is -1.38. The number of rotatable bonds is 6. The van der Waals surface area contributed by atoms with Crippen molar-refractivity contribution >= 4 is 0 Å². The predicted octanol–water partition coefficient (Wildman–Crippen LogP) is 6.10. The van der Waals surface area contributed by atoms with Gasteiger partial charge in [0.05, 0.1) is 24.8 Å². The molecule has 1 saturated heterocycles. The second kappa shape index (κ2) is 9.99. The van der Waals surface area contributed by atoms with Gasteiger partial charge >= 0.3 is 6.18 Å². The third-order valence-electron chi connectivity index (χ3n) is 5.45. The Morgan fingerprint density at radius 1 is 0.879 bits per heavy atom. The summed E-state index contributed by atoms with van der Waals surface area (Å²) in [5, 5.41) is 0. The number of benzene rings is 3. The lowest BCUT2D eigenvalue weighted by Crippen LogP contribution is -2.46.